The molecule has 4 aromatic rings. The topological polar surface area (TPSA) is 101 Å². The predicted molar refractivity (Wildman–Crippen MR) is 170 cm³/mol. The smallest absolute Gasteiger partial charge is 0.354 e. The number of nitrogens with one attached hydrogen (secondary N) is 2. The van der Waals surface area contributed by atoms with Gasteiger partial charge in [-0.3, -0.25) is 9.56 Å². The van der Waals surface area contributed by atoms with E-state index in [1.807, 2.05) is 30.3 Å². The molecule has 2 aromatic carbocycles. The number of aromatic nitrogens is 3. The monoisotopic (exact) mass is 608 g/mol. The Morgan fingerprint density at radius 1 is 1.21 bits per heavy atom. The molecule has 43 heavy (non-hydrogen) atoms. The summed E-state index contributed by atoms with van der Waals surface area (Å²) in [5, 5.41) is 4.44. The lowest BCUT2D eigenvalue weighted by atomic mass is 9.92. The number of hydrogen-bond donors (Lipinski definition) is 3. The molecule has 0 amide bonds. The molecule has 1 aliphatic heterocycles. The average molecular weight is 609 g/mol. The fraction of sp³-hybridized carbons (Fsp3) is 0.424. The van der Waals surface area contributed by atoms with Crippen molar-refractivity contribution in [1.29, 1.82) is 0 Å². The Bertz CT molecular complexity index is 1650. The minimum atomic E-state index is -0.718. The summed E-state index contributed by atoms with van der Waals surface area (Å²) in [5.74, 6) is 0.142. The quantitative estimate of drug-likeness (QED) is 0.125. The number of alkyl halides is 1. The number of aromatic amines is 1. The molecule has 1 fully saturated rings. The fourth-order valence-electron chi connectivity index (χ4n) is 5.81. The van der Waals surface area contributed by atoms with Crippen LogP contribution in [0.4, 0.5) is 8.78 Å². The lowest BCUT2D eigenvalue weighted by Crippen LogP contribution is -2.37. The van der Waals surface area contributed by atoms with Crippen molar-refractivity contribution in [3.05, 3.63) is 81.1 Å². The number of piperidine rings is 1. The molecule has 0 aliphatic carbocycles. The molecule has 3 heterocycles. The second-order valence-electron chi connectivity index (χ2n) is 11.8. The Balaban J connectivity index is 1.34. The zero-order valence-corrected chi connectivity index (χ0v) is 25.4. The number of hydrogen-bond acceptors (Lipinski definition) is 4. The Hall–Kier alpha value is -3.56. The number of rotatable bonds is 11. The highest BCUT2D eigenvalue weighted by atomic mass is 35.5. The summed E-state index contributed by atoms with van der Waals surface area (Å²) in [6.07, 6.45) is 8.54. The Kier molecular flexibility index (Phi) is 9.93. The van der Waals surface area contributed by atoms with Gasteiger partial charge in [0, 0.05) is 35.8 Å². The third-order valence-electron chi connectivity index (χ3n) is 8.12. The maximum atomic E-state index is 15.1. The molecular weight excluding hydrogens is 570 g/mol. The number of halogens is 3. The third kappa shape index (κ3) is 7.51. The minimum absolute atomic E-state index is 0.0417. The number of amidine groups is 1. The number of nitrogens with two attached hydrogens (primary N) is 1. The van der Waals surface area contributed by atoms with E-state index < -0.39 is 18.2 Å². The first-order valence-corrected chi connectivity index (χ1v) is 15.4. The first-order chi connectivity index (χ1) is 20.7. The van der Waals surface area contributed by atoms with E-state index in [2.05, 4.69) is 34.1 Å². The molecule has 2 atom stereocenters. The molecule has 0 radical (unpaired) electrons. The average Bonchev–Trinajstić information content (AvgIpc) is 3.41. The standard InChI is InChI=1S/C33H39ClF2N6O/c1-20(2)5-3-6-21-15-26(31(36)27(34)16-21)29-17-23-19-42(33(43)41-32(23)40-29)25-11-9-22(10-12-25)28-8-4-7-24(39-28)13-14-38-30(37)18-35/h9-12,15-17,19-20,24,28,39H,3-8,13-14,18H2,1-2H3,(H2,37,38)(H,40,41,43)/t24-,28-/m0/s1. The van der Waals surface area contributed by atoms with Gasteiger partial charge in [-0.05, 0) is 79.5 Å². The highest BCUT2D eigenvalue weighted by molar-refractivity contribution is 6.31. The first-order valence-electron chi connectivity index (χ1n) is 15.0. The van der Waals surface area contributed by atoms with E-state index >= 15 is 4.39 Å². The first kappa shape index (κ1) is 30.9. The molecule has 10 heteroatoms. The van der Waals surface area contributed by atoms with Crippen LogP contribution < -0.4 is 16.7 Å². The molecule has 7 nitrogen and oxygen atoms in total. The normalized spacial score (nSPS) is 17.7. The molecule has 0 bridgehead atoms. The lowest BCUT2D eigenvalue weighted by molar-refractivity contribution is 0.315. The van der Waals surface area contributed by atoms with Gasteiger partial charge >= 0.3 is 5.69 Å². The summed E-state index contributed by atoms with van der Waals surface area (Å²) in [6, 6.07) is 13.7. The van der Waals surface area contributed by atoms with Crippen LogP contribution in [-0.2, 0) is 6.42 Å². The van der Waals surface area contributed by atoms with Gasteiger partial charge in [-0.25, -0.2) is 13.6 Å². The molecule has 0 spiro atoms. The van der Waals surface area contributed by atoms with Gasteiger partial charge in [0.25, 0.3) is 0 Å². The van der Waals surface area contributed by atoms with Gasteiger partial charge in [-0.2, -0.15) is 4.98 Å². The molecule has 0 saturated carbocycles. The van der Waals surface area contributed by atoms with Crippen LogP contribution in [0.2, 0.25) is 5.02 Å². The summed E-state index contributed by atoms with van der Waals surface area (Å²) in [6.45, 7) is 4.15. The molecule has 2 aromatic heterocycles. The van der Waals surface area contributed by atoms with E-state index in [4.69, 9.17) is 17.3 Å². The number of benzene rings is 2. The largest absolute Gasteiger partial charge is 0.385 e. The van der Waals surface area contributed by atoms with Crippen LogP contribution in [0.25, 0.3) is 28.0 Å². The lowest BCUT2D eigenvalue weighted by Gasteiger charge is -2.31. The molecule has 4 N–H and O–H groups in total. The number of aryl methyl sites for hydroxylation is 1. The van der Waals surface area contributed by atoms with Crippen LogP contribution in [0.5, 0.6) is 0 Å². The van der Waals surface area contributed by atoms with Crippen molar-refractivity contribution < 1.29 is 8.78 Å². The van der Waals surface area contributed by atoms with Gasteiger partial charge in [-0.1, -0.05) is 50.4 Å². The summed E-state index contributed by atoms with van der Waals surface area (Å²) >= 11 is 6.27. The van der Waals surface area contributed by atoms with Gasteiger partial charge in [-0.15, -0.1) is 0 Å². The van der Waals surface area contributed by atoms with E-state index in [0.29, 0.717) is 40.4 Å². The fourth-order valence-corrected chi connectivity index (χ4v) is 6.05. The second-order valence-corrected chi connectivity index (χ2v) is 12.2. The number of H-pyrrole nitrogens is 1. The second kappa shape index (κ2) is 13.8. The SMILES string of the molecule is CC(C)CCCc1cc(Cl)c(F)c(-c2cc3cn(-c4ccc([C@@H]5CCC[C@@H](CCN=C(N)CF)N5)cc4)c(=O)nc3[nH]2)c1. The zero-order valence-electron chi connectivity index (χ0n) is 24.7. The summed E-state index contributed by atoms with van der Waals surface area (Å²) in [7, 11) is 0. The van der Waals surface area contributed by atoms with E-state index in [0.717, 1.165) is 56.1 Å². The van der Waals surface area contributed by atoms with Crippen molar-refractivity contribution >= 4 is 28.5 Å². The molecule has 228 valence electrons. The van der Waals surface area contributed by atoms with Gasteiger partial charge in [0.15, 0.2) is 5.82 Å². The van der Waals surface area contributed by atoms with Crippen LogP contribution in [0.3, 0.4) is 0 Å². The number of nitrogens with zero attached hydrogens (tertiary/aromatic N) is 3. The Labute approximate surface area is 255 Å². The Morgan fingerprint density at radius 3 is 2.74 bits per heavy atom. The number of aliphatic imine (C=N–C) groups is 1. The van der Waals surface area contributed by atoms with E-state index in [-0.39, 0.29) is 22.9 Å². The van der Waals surface area contributed by atoms with Crippen molar-refractivity contribution in [2.45, 2.75) is 70.9 Å². The summed E-state index contributed by atoms with van der Waals surface area (Å²) in [4.78, 5) is 24.4. The van der Waals surface area contributed by atoms with Crippen LogP contribution >= 0.6 is 11.6 Å². The van der Waals surface area contributed by atoms with Gasteiger partial charge in [0.1, 0.15) is 18.2 Å². The van der Waals surface area contributed by atoms with Crippen molar-refractivity contribution in [2.75, 3.05) is 13.2 Å². The van der Waals surface area contributed by atoms with Crippen molar-refractivity contribution in [3.8, 4) is 16.9 Å². The molecule has 1 aliphatic rings. The van der Waals surface area contributed by atoms with Gasteiger partial charge < -0.3 is 16.0 Å². The van der Waals surface area contributed by atoms with Crippen LogP contribution in [0.15, 0.2) is 58.4 Å². The molecule has 1 saturated heterocycles. The van der Waals surface area contributed by atoms with Crippen LogP contribution in [0, 0.1) is 11.7 Å². The van der Waals surface area contributed by atoms with Gasteiger partial charge in [0.05, 0.1) is 16.4 Å². The van der Waals surface area contributed by atoms with E-state index in [1.165, 1.54) is 4.57 Å². The van der Waals surface area contributed by atoms with Crippen LogP contribution in [-0.4, -0.2) is 39.6 Å². The maximum Gasteiger partial charge on any atom is 0.354 e. The minimum Gasteiger partial charge on any atom is -0.385 e. The summed E-state index contributed by atoms with van der Waals surface area (Å²) in [5.41, 5.74) is 9.13. The maximum absolute atomic E-state index is 15.1. The van der Waals surface area contributed by atoms with Crippen molar-refractivity contribution in [3.63, 3.8) is 0 Å². The third-order valence-corrected chi connectivity index (χ3v) is 8.39. The molecular formula is C33H39ClF2N6O. The van der Waals surface area contributed by atoms with Crippen molar-refractivity contribution in [2.24, 2.45) is 16.6 Å². The van der Waals surface area contributed by atoms with Crippen molar-refractivity contribution in [1.82, 2.24) is 19.9 Å². The van der Waals surface area contributed by atoms with E-state index in [9.17, 15) is 9.18 Å². The number of fused-ring (bicyclic) bond motifs is 1. The molecule has 5 rings (SSSR count). The molecule has 0 unspecified atom stereocenters. The zero-order chi connectivity index (χ0) is 30.5. The summed E-state index contributed by atoms with van der Waals surface area (Å²) < 4.78 is 29.2. The predicted octanol–water partition coefficient (Wildman–Crippen LogP) is 7.05. The highest BCUT2D eigenvalue weighted by Crippen LogP contribution is 2.32. The van der Waals surface area contributed by atoms with E-state index in [1.54, 1.807) is 18.3 Å². The van der Waals surface area contributed by atoms with Gasteiger partial charge in [0.2, 0.25) is 0 Å². The highest BCUT2D eigenvalue weighted by Gasteiger charge is 2.22. The van der Waals surface area contributed by atoms with Crippen LogP contribution in [0.1, 0.15) is 69.5 Å². The Morgan fingerprint density at radius 2 is 2.00 bits per heavy atom.